The number of halogens is 1. The van der Waals surface area contributed by atoms with Gasteiger partial charge in [0.1, 0.15) is 5.82 Å². The smallest absolute Gasteiger partial charge is 0.237 e. The number of fused-ring (bicyclic) bond motifs is 1. The van der Waals surface area contributed by atoms with Crippen molar-refractivity contribution < 1.29 is 9.18 Å². The average molecular weight is 290 g/mol. The Morgan fingerprint density at radius 1 is 1.24 bits per heavy atom. The molecular formula is C17H23FN2O. The van der Waals surface area contributed by atoms with Crippen LogP contribution in [0.2, 0.25) is 0 Å². The van der Waals surface area contributed by atoms with Crippen molar-refractivity contribution >= 4 is 5.91 Å². The fourth-order valence-electron chi connectivity index (χ4n) is 3.63. The maximum Gasteiger partial charge on any atom is 0.237 e. The van der Waals surface area contributed by atoms with E-state index in [4.69, 9.17) is 0 Å². The number of amides is 1. The van der Waals surface area contributed by atoms with Gasteiger partial charge in [-0.05, 0) is 49.3 Å². The molecule has 1 amide bonds. The molecule has 1 aromatic rings. The molecule has 0 radical (unpaired) electrons. The van der Waals surface area contributed by atoms with E-state index < -0.39 is 0 Å². The molecule has 1 saturated heterocycles. The van der Waals surface area contributed by atoms with E-state index in [1.54, 1.807) is 12.1 Å². The summed E-state index contributed by atoms with van der Waals surface area (Å²) in [7, 11) is 0. The van der Waals surface area contributed by atoms with Gasteiger partial charge in [-0.25, -0.2) is 4.39 Å². The van der Waals surface area contributed by atoms with Crippen molar-refractivity contribution in [1.29, 1.82) is 0 Å². The standard InChI is InChI=1S/C17H23FN2O/c18-14-7-5-12(6-8-14)9-10-19-17(21)16-11-13-3-1-2-4-15(13)20-16/h5-8,13,15-16,20H,1-4,9-11H2,(H,19,21). The van der Waals surface area contributed by atoms with Crippen molar-refractivity contribution in [2.24, 2.45) is 5.92 Å². The second kappa shape index (κ2) is 6.56. The molecule has 1 aliphatic heterocycles. The lowest BCUT2D eigenvalue weighted by atomic mass is 9.85. The number of carbonyl (C=O) groups is 1. The summed E-state index contributed by atoms with van der Waals surface area (Å²) in [4.78, 5) is 12.2. The fraction of sp³-hybridized carbons (Fsp3) is 0.588. The molecule has 3 unspecified atom stereocenters. The van der Waals surface area contributed by atoms with Crippen LogP contribution in [0.5, 0.6) is 0 Å². The third-order valence-corrected chi connectivity index (χ3v) is 4.81. The minimum absolute atomic E-state index is 0.0219. The van der Waals surface area contributed by atoms with E-state index in [-0.39, 0.29) is 17.8 Å². The van der Waals surface area contributed by atoms with Crippen molar-refractivity contribution in [1.82, 2.24) is 10.6 Å². The normalized spacial score (nSPS) is 28.1. The van der Waals surface area contributed by atoms with Crippen LogP contribution in [0.15, 0.2) is 24.3 Å². The molecule has 0 bridgehead atoms. The molecule has 2 fully saturated rings. The van der Waals surface area contributed by atoms with Crippen LogP contribution in [0.25, 0.3) is 0 Å². The number of benzene rings is 1. The van der Waals surface area contributed by atoms with Crippen LogP contribution in [-0.4, -0.2) is 24.5 Å². The van der Waals surface area contributed by atoms with Gasteiger partial charge in [0.05, 0.1) is 6.04 Å². The summed E-state index contributed by atoms with van der Waals surface area (Å²) in [6.45, 7) is 0.609. The Hall–Kier alpha value is -1.42. The van der Waals surface area contributed by atoms with Gasteiger partial charge in [-0.3, -0.25) is 4.79 Å². The Balaban J connectivity index is 1.43. The summed E-state index contributed by atoms with van der Waals surface area (Å²) in [5.74, 6) is 0.582. The van der Waals surface area contributed by atoms with Gasteiger partial charge in [0.2, 0.25) is 5.91 Å². The molecule has 0 aromatic heterocycles. The molecule has 114 valence electrons. The minimum atomic E-state index is -0.222. The summed E-state index contributed by atoms with van der Waals surface area (Å²) >= 11 is 0. The van der Waals surface area contributed by atoms with Gasteiger partial charge < -0.3 is 10.6 Å². The fourth-order valence-corrected chi connectivity index (χ4v) is 3.63. The summed E-state index contributed by atoms with van der Waals surface area (Å²) < 4.78 is 12.8. The van der Waals surface area contributed by atoms with Crippen LogP contribution in [0.4, 0.5) is 4.39 Å². The highest BCUT2D eigenvalue weighted by molar-refractivity contribution is 5.82. The van der Waals surface area contributed by atoms with Crippen LogP contribution in [0, 0.1) is 11.7 Å². The summed E-state index contributed by atoms with van der Waals surface area (Å²) in [5.41, 5.74) is 1.05. The van der Waals surface area contributed by atoms with E-state index in [0.29, 0.717) is 18.5 Å². The first-order chi connectivity index (χ1) is 10.2. The Morgan fingerprint density at radius 3 is 2.76 bits per heavy atom. The van der Waals surface area contributed by atoms with E-state index >= 15 is 0 Å². The first kappa shape index (κ1) is 14.5. The molecule has 2 aliphatic rings. The highest BCUT2D eigenvalue weighted by Crippen LogP contribution is 2.33. The lowest BCUT2D eigenvalue weighted by molar-refractivity contribution is -0.122. The molecule has 3 rings (SSSR count). The van der Waals surface area contributed by atoms with Crippen molar-refractivity contribution in [2.45, 2.75) is 50.6 Å². The molecule has 1 aromatic carbocycles. The highest BCUT2D eigenvalue weighted by atomic mass is 19.1. The van der Waals surface area contributed by atoms with Crippen molar-refractivity contribution in [3.63, 3.8) is 0 Å². The third kappa shape index (κ3) is 3.62. The van der Waals surface area contributed by atoms with Gasteiger partial charge >= 0.3 is 0 Å². The topological polar surface area (TPSA) is 41.1 Å². The molecular weight excluding hydrogens is 267 g/mol. The Labute approximate surface area is 125 Å². The van der Waals surface area contributed by atoms with Crippen LogP contribution < -0.4 is 10.6 Å². The molecule has 0 spiro atoms. The van der Waals surface area contributed by atoms with E-state index in [1.807, 2.05) is 0 Å². The van der Waals surface area contributed by atoms with E-state index in [0.717, 1.165) is 18.4 Å². The number of hydrogen-bond donors (Lipinski definition) is 2. The lowest BCUT2D eigenvalue weighted by Crippen LogP contribution is -2.43. The number of carbonyl (C=O) groups excluding carboxylic acids is 1. The van der Waals surface area contributed by atoms with Gasteiger partial charge in [-0.15, -0.1) is 0 Å². The Morgan fingerprint density at radius 2 is 2.00 bits per heavy atom. The van der Waals surface area contributed by atoms with Gasteiger partial charge in [0, 0.05) is 12.6 Å². The molecule has 21 heavy (non-hydrogen) atoms. The average Bonchev–Trinajstić information content (AvgIpc) is 2.93. The number of hydrogen-bond acceptors (Lipinski definition) is 2. The number of nitrogens with one attached hydrogen (secondary N) is 2. The zero-order chi connectivity index (χ0) is 14.7. The first-order valence-electron chi connectivity index (χ1n) is 8.00. The first-order valence-corrected chi connectivity index (χ1v) is 8.00. The molecule has 1 heterocycles. The third-order valence-electron chi connectivity index (χ3n) is 4.81. The maximum atomic E-state index is 12.8. The van der Waals surface area contributed by atoms with Gasteiger partial charge in [-0.2, -0.15) is 0 Å². The van der Waals surface area contributed by atoms with Gasteiger partial charge in [0.25, 0.3) is 0 Å². The molecule has 3 nitrogen and oxygen atoms in total. The lowest BCUT2D eigenvalue weighted by Gasteiger charge is -2.24. The second-order valence-corrected chi connectivity index (χ2v) is 6.27. The predicted molar refractivity (Wildman–Crippen MR) is 80.4 cm³/mol. The molecule has 1 saturated carbocycles. The SMILES string of the molecule is O=C(NCCc1ccc(F)cc1)C1CC2CCCCC2N1. The summed E-state index contributed by atoms with van der Waals surface area (Å²) in [5, 5.41) is 6.49. The molecule has 3 atom stereocenters. The predicted octanol–water partition coefficient (Wildman–Crippen LogP) is 2.41. The van der Waals surface area contributed by atoms with E-state index in [9.17, 15) is 9.18 Å². The monoisotopic (exact) mass is 290 g/mol. The van der Waals surface area contributed by atoms with Crippen molar-refractivity contribution in [2.75, 3.05) is 6.54 Å². The maximum absolute atomic E-state index is 12.8. The molecule has 1 aliphatic carbocycles. The van der Waals surface area contributed by atoms with Crippen LogP contribution in [0.1, 0.15) is 37.7 Å². The van der Waals surface area contributed by atoms with Crippen LogP contribution in [0.3, 0.4) is 0 Å². The van der Waals surface area contributed by atoms with Gasteiger partial charge in [0.15, 0.2) is 0 Å². The zero-order valence-corrected chi connectivity index (χ0v) is 12.3. The minimum Gasteiger partial charge on any atom is -0.354 e. The molecule has 2 N–H and O–H groups in total. The van der Waals surface area contributed by atoms with Gasteiger partial charge in [-0.1, -0.05) is 25.0 Å². The van der Waals surface area contributed by atoms with E-state index in [1.165, 1.54) is 37.8 Å². The van der Waals surface area contributed by atoms with E-state index in [2.05, 4.69) is 10.6 Å². The largest absolute Gasteiger partial charge is 0.354 e. The Bertz CT molecular complexity index is 474. The summed E-state index contributed by atoms with van der Waals surface area (Å²) in [6.07, 6.45) is 6.79. The van der Waals surface area contributed by atoms with Crippen LogP contribution in [-0.2, 0) is 11.2 Å². The zero-order valence-electron chi connectivity index (χ0n) is 12.3. The summed E-state index contributed by atoms with van der Waals surface area (Å²) in [6, 6.07) is 6.98. The molecule has 4 heteroatoms. The van der Waals surface area contributed by atoms with Crippen molar-refractivity contribution in [3.05, 3.63) is 35.6 Å². The Kier molecular flexibility index (Phi) is 4.54. The number of rotatable bonds is 4. The van der Waals surface area contributed by atoms with Crippen molar-refractivity contribution in [3.8, 4) is 0 Å². The highest BCUT2D eigenvalue weighted by Gasteiger charge is 2.37. The van der Waals surface area contributed by atoms with Crippen LogP contribution >= 0.6 is 0 Å². The second-order valence-electron chi connectivity index (χ2n) is 6.27. The quantitative estimate of drug-likeness (QED) is 0.894.